The van der Waals surface area contributed by atoms with E-state index >= 15 is 4.57 Å². The lowest BCUT2D eigenvalue weighted by molar-refractivity contribution is -0.205. The third-order valence-electron chi connectivity index (χ3n) is 16.0. The Morgan fingerprint density at radius 2 is 1.11 bits per heavy atom. The van der Waals surface area contributed by atoms with Gasteiger partial charge < -0.3 is 49.4 Å². The van der Waals surface area contributed by atoms with Gasteiger partial charge in [-0.25, -0.2) is 28.0 Å². The van der Waals surface area contributed by atoms with E-state index in [1.54, 1.807) is 52.0 Å². The van der Waals surface area contributed by atoms with Crippen LogP contribution in [0.25, 0.3) is 11.0 Å². The van der Waals surface area contributed by atoms with Gasteiger partial charge in [0, 0.05) is 6.61 Å². The summed E-state index contributed by atoms with van der Waals surface area (Å²) in [7, 11) is -4.86. The second-order valence-electron chi connectivity index (χ2n) is 23.3. The minimum Gasteiger partial charge on any atom is -0.382 e. The van der Waals surface area contributed by atoms with Crippen LogP contribution in [0, 0.1) is 39.8 Å². The van der Waals surface area contributed by atoms with Crippen LogP contribution in [0.1, 0.15) is 166 Å². The Labute approximate surface area is 496 Å². The van der Waals surface area contributed by atoms with Crippen LogP contribution in [0.15, 0.2) is 55.1 Å². The molecule has 0 spiro atoms. The fraction of sp³-hybridized carbons (Fsp3) is 0.650. The number of hydrogen-bond acceptors (Lipinski definition) is 21. The van der Waals surface area contributed by atoms with Crippen molar-refractivity contribution in [3.8, 4) is 18.2 Å². The number of aromatic nitrogens is 6. The summed E-state index contributed by atoms with van der Waals surface area (Å²) >= 11 is 0. The first kappa shape index (κ1) is 63.7. The normalized spacial score (nSPS) is 25.3. The Morgan fingerprint density at radius 1 is 0.635 bits per heavy atom. The largest absolute Gasteiger partial charge is 0.475 e. The molecular formula is C60H81FN11O12P. The molecule has 4 N–H and O–H groups in total. The third-order valence-corrected chi connectivity index (χ3v) is 17.4. The summed E-state index contributed by atoms with van der Waals surface area (Å²) in [6.07, 6.45) is 16.3. The molecule has 4 aliphatic rings. The Morgan fingerprint density at radius 3 is 1.56 bits per heavy atom. The molecule has 9 rings (SSSR count). The van der Waals surface area contributed by atoms with Crippen molar-refractivity contribution in [2.45, 2.75) is 216 Å². The van der Waals surface area contributed by atoms with Gasteiger partial charge in [-0.05, 0) is 82.1 Å². The van der Waals surface area contributed by atoms with Crippen molar-refractivity contribution in [3.63, 3.8) is 0 Å². The molecule has 9 atom stereocenters. The molecule has 0 bridgehead atoms. The highest BCUT2D eigenvalue weighted by Crippen LogP contribution is 2.56. The van der Waals surface area contributed by atoms with Crippen LogP contribution in [0.4, 0.5) is 16.0 Å². The molecule has 25 heteroatoms. The number of nitrogen functional groups attached to an aromatic ring is 2. The summed E-state index contributed by atoms with van der Waals surface area (Å²) in [4.78, 5) is 8.17. The molecule has 5 aromatic rings. The van der Waals surface area contributed by atoms with Crippen molar-refractivity contribution < 1.29 is 60.4 Å². The maximum atomic E-state index is 15.6. The molecule has 0 saturated carbocycles. The van der Waals surface area contributed by atoms with Gasteiger partial charge in [-0.15, -0.1) is 0 Å². The summed E-state index contributed by atoms with van der Waals surface area (Å²) in [6.45, 7) is 7.66. The van der Waals surface area contributed by atoms with Crippen molar-refractivity contribution >= 4 is 30.5 Å². The van der Waals surface area contributed by atoms with Crippen LogP contribution in [-0.4, -0.2) is 117 Å². The van der Waals surface area contributed by atoms with Crippen LogP contribution in [-0.2, 0) is 73.8 Å². The molecular weight excluding hydrogens is 1120 g/mol. The Balaban J connectivity index is 0.897. The summed E-state index contributed by atoms with van der Waals surface area (Å²) in [5.74, 6) is -2.72. The van der Waals surface area contributed by atoms with E-state index in [0.29, 0.717) is 23.2 Å². The first-order valence-corrected chi connectivity index (χ1v) is 31.4. The van der Waals surface area contributed by atoms with Crippen molar-refractivity contribution in [2.24, 2.45) is 0 Å². The number of halogens is 1. The van der Waals surface area contributed by atoms with Gasteiger partial charge >= 0.3 is 7.82 Å². The topological polar surface area (TPSA) is 302 Å². The number of nitrogens with two attached hydrogens (primary N) is 2. The van der Waals surface area contributed by atoms with Gasteiger partial charge in [0.05, 0.1) is 56.1 Å². The average Bonchev–Trinajstić information content (AvgIpc) is 2.25. The lowest BCUT2D eigenvalue weighted by atomic mass is 9.92. The average molecular weight is 1200 g/mol. The van der Waals surface area contributed by atoms with Crippen molar-refractivity contribution in [3.05, 3.63) is 83.5 Å². The number of nitriles is 3. The van der Waals surface area contributed by atoms with E-state index in [9.17, 15) is 20.2 Å². The predicted molar refractivity (Wildman–Crippen MR) is 307 cm³/mol. The Hall–Kier alpha value is -5.75. The van der Waals surface area contributed by atoms with Crippen molar-refractivity contribution in [2.75, 3.05) is 44.5 Å². The van der Waals surface area contributed by atoms with E-state index in [2.05, 4.69) is 39.2 Å². The number of phosphoric ester groups is 1. The van der Waals surface area contributed by atoms with E-state index in [0.717, 1.165) is 31.7 Å². The molecule has 8 heterocycles. The summed E-state index contributed by atoms with van der Waals surface area (Å²) < 4.78 is 103. The molecule has 460 valence electrons. The van der Waals surface area contributed by atoms with E-state index in [-0.39, 0.29) is 41.8 Å². The summed E-state index contributed by atoms with van der Waals surface area (Å²) in [5, 5.41) is 40.5. The van der Waals surface area contributed by atoms with Gasteiger partial charge in [-0.1, -0.05) is 110 Å². The van der Waals surface area contributed by atoms with E-state index in [1.165, 1.54) is 117 Å². The van der Waals surface area contributed by atoms with Crippen LogP contribution >= 0.6 is 7.82 Å². The van der Waals surface area contributed by atoms with Gasteiger partial charge in [0.1, 0.15) is 84.4 Å². The van der Waals surface area contributed by atoms with Crippen LogP contribution in [0.3, 0.4) is 0 Å². The van der Waals surface area contributed by atoms with Gasteiger partial charge in [0.15, 0.2) is 23.2 Å². The molecule has 85 heavy (non-hydrogen) atoms. The van der Waals surface area contributed by atoms with E-state index in [4.69, 9.17) is 62.9 Å². The number of nitrogens with zero attached hydrogens (tertiary/aromatic N) is 9. The fourth-order valence-electron chi connectivity index (χ4n) is 11.8. The van der Waals surface area contributed by atoms with Crippen LogP contribution in [0.5, 0.6) is 0 Å². The van der Waals surface area contributed by atoms with E-state index in [1.807, 2.05) is 6.07 Å². The number of phosphoric acid groups is 1. The zero-order valence-corrected chi connectivity index (χ0v) is 50.3. The number of ether oxygens (including phenoxy) is 8. The van der Waals surface area contributed by atoms with Crippen LogP contribution in [0.2, 0.25) is 0 Å². The molecule has 0 aliphatic carbocycles. The quantitative estimate of drug-likeness (QED) is 0.0286. The number of hydrogen-bond donors (Lipinski definition) is 2. The Bertz CT molecular complexity index is 3070. The highest BCUT2D eigenvalue weighted by Gasteiger charge is 2.67. The SMILES string of the molecule is CCCCCCCCCCCCCCCCCCCOC[C@H](COP(=O)(OC[C@H]1O[C@@](C#N)(c2ccc3c(N)ncnn23)[C@@H]2OC(C)(C)O[C@@H]21)OC[C@H]1O[C@@](C#N)(c2ccc3c(N)ncnn23)[C@@H]2OC(C)(C)O[C@@H]21)OCc1cc(F)cc(C#N)c1. The van der Waals surface area contributed by atoms with Gasteiger partial charge in [-0.3, -0.25) is 13.6 Å². The number of benzene rings is 1. The first-order valence-electron chi connectivity index (χ1n) is 30.0. The molecule has 4 saturated heterocycles. The van der Waals surface area contributed by atoms with Gasteiger partial charge in [0.25, 0.3) is 0 Å². The maximum Gasteiger partial charge on any atom is 0.475 e. The van der Waals surface area contributed by atoms with E-state index < -0.39 is 99.0 Å². The van der Waals surface area contributed by atoms with Gasteiger partial charge in [-0.2, -0.15) is 26.0 Å². The summed E-state index contributed by atoms with van der Waals surface area (Å²) in [5.41, 5.74) is 10.5. The second kappa shape index (κ2) is 28.4. The highest BCUT2D eigenvalue weighted by molar-refractivity contribution is 7.48. The van der Waals surface area contributed by atoms with Crippen molar-refractivity contribution in [1.29, 1.82) is 15.8 Å². The molecule has 4 fully saturated rings. The molecule has 1 aromatic carbocycles. The fourth-order valence-corrected chi connectivity index (χ4v) is 13.1. The zero-order valence-electron chi connectivity index (χ0n) is 49.4. The zero-order chi connectivity index (χ0) is 60.2. The maximum absolute atomic E-state index is 15.6. The monoisotopic (exact) mass is 1200 g/mol. The minimum atomic E-state index is -4.86. The molecule has 23 nitrogen and oxygen atoms in total. The molecule has 4 aliphatic heterocycles. The van der Waals surface area contributed by atoms with Crippen LogP contribution < -0.4 is 11.5 Å². The predicted octanol–water partition coefficient (Wildman–Crippen LogP) is 10.3. The molecule has 0 unspecified atom stereocenters. The lowest BCUT2D eigenvalue weighted by Gasteiger charge is -2.30. The minimum absolute atomic E-state index is 0.0428. The Kier molecular flexibility index (Phi) is 21.3. The smallest absolute Gasteiger partial charge is 0.382 e. The first-order chi connectivity index (χ1) is 41.0. The standard InChI is InChI=1S/C60H81FN11O12P/c1-6-7-8-9-10-11-12-13-14-15-16-17-18-19-20-21-22-27-74-33-44(75-32-42-28-41(31-62)29-43(61)30-42)34-76-85(73,77-35-47-51-53(83-57(2,3)81-51)59(37-63,79-47)49-25-23-45-55(65)67-39-69-71(45)49)78-36-48-52-54(84-58(4,5)82-52)60(38-64,80-48)50-26-24-46-56(66)68-40-70-72(46)50/h23-26,28-30,39-40,44,47-48,51-54H,6-22,27,32-36H2,1-5H3,(H2,65,67,69)(H2,66,68,70)/t44-,47-,48-,51-,52-,53-,54-,59+,60+/m1/s1. The molecule has 4 aromatic heterocycles. The van der Waals surface area contributed by atoms with Gasteiger partial charge in [0.2, 0.25) is 11.2 Å². The highest BCUT2D eigenvalue weighted by atomic mass is 31.2. The number of fused-ring (bicyclic) bond motifs is 4. The molecule has 0 radical (unpaired) electrons. The number of anilines is 2. The third kappa shape index (κ3) is 15.0. The number of rotatable bonds is 34. The van der Waals surface area contributed by atoms with Crippen molar-refractivity contribution in [1.82, 2.24) is 29.2 Å². The molecule has 0 amide bonds. The second-order valence-corrected chi connectivity index (χ2v) is 25.0. The number of unbranched alkanes of at least 4 members (excludes halogenated alkanes) is 16. The lowest BCUT2D eigenvalue weighted by Crippen LogP contribution is -2.40. The summed E-state index contributed by atoms with van der Waals surface area (Å²) in [6, 6.07) is 17.0.